The number of nitrogens with one attached hydrogen (secondary N) is 1. The molecule has 6 heteroatoms. The van der Waals surface area contributed by atoms with E-state index in [2.05, 4.69) is 10.1 Å². The third-order valence-corrected chi connectivity index (χ3v) is 3.00. The molecule has 1 amide bonds. The van der Waals surface area contributed by atoms with E-state index in [1.807, 2.05) is 20.8 Å². The van der Waals surface area contributed by atoms with E-state index in [0.29, 0.717) is 0 Å². The largest absolute Gasteiger partial charge is 0.453 e. The van der Waals surface area contributed by atoms with Crippen molar-refractivity contribution in [1.29, 1.82) is 0 Å². The predicted octanol–water partition coefficient (Wildman–Crippen LogP) is 0.997. The zero-order chi connectivity index (χ0) is 12.6. The number of fused-ring (bicyclic) bond motifs is 1. The van der Waals surface area contributed by atoms with Crippen LogP contribution in [0.5, 0.6) is 0 Å². The quantitative estimate of drug-likeness (QED) is 0.786. The van der Waals surface area contributed by atoms with E-state index in [1.54, 1.807) is 0 Å². The van der Waals surface area contributed by atoms with Crippen molar-refractivity contribution in [1.82, 2.24) is 5.32 Å². The Hall–Kier alpha value is -0.850. The third-order valence-electron chi connectivity index (χ3n) is 3.00. The summed E-state index contributed by atoms with van der Waals surface area (Å²) in [6.07, 6.45) is -0.729. The summed E-state index contributed by atoms with van der Waals surface area (Å²) in [5.41, 5.74) is 0. The van der Waals surface area contributed by atoms with Crippen LogP contribution < -0.4 is 5.32 Å². The van der Waals surface area contributed by atoms with E-state index >= 15 is 0 Å². The molecular formula is C11H19NO5. The van der Waals surface area contributed by atoms with Crippen LogP contribution in [-0.4, -0.2) is 43.5 Å². The fourth-order valence-electron chi connectivity index (χ4n) is 2.30. The third kappa shape index (κ3) is 2.38. The molecule has 17 heavy (non-hydrogen) atoms. The van der Waals surface area contributed by atoms with Crippen LogP contribution in [0, 0.1) is 0 Å². The molecule has 2 heterocycles. The Morgan fingerprint density at radius 1 is 1.35 bits per heavy atom. The van der Waals surface area contributed by atoms with Gasteiger partial charge in [-0.15, -0.1) is 0 Å². The van der Waals surface area contributed by atoms with Gasteiger partial charge in [0.2, 0.25) is 0 Å². The topological polar surface area (TPSA) is 66.0 Å². The van der Waals surface area contributed by atoms with Crippen molar-refractivity contribution in [3.8, 4) is 0 Å². The number of methoxy groups -OCH3 is 1. The van der Waals surface area contributed by atoms with Crippen molar-refractivity contribution in [2.75, 3.05) is 7.11 Å². The van der Waals surface area contributed by atoms with Crippen LogP contribution in [0.1, 0.15) is 27.2 Å². The highest BCUT2D eigenvalue weighted by Crippen LogP contribution is 2.38. The second-order valence-electron chi connectivity index (χ2n) is 4.70. The lowest BCUT2D eigenvalue weighted by Crippen LogP contribution is -2.43. The summed E-state index contributed by atoms with van der Waals surface area (Å²) in [5, 5.41) is 2.61. The van der Waals surface area contributed by atoms with E-state index in [4.69, 9.17) is 14.2 Å². The zero-order valence-electron chi connectivity index (χ0n) is 10.6. The maximum Gasteiger partial charge on any atom is 0.408 e. The van der Waals surface area contributed by atoms with E-state index in [0.717, 1.165) is 6.42 Å². The Labute approximate surface area is 101 Å². The van der Waals surface area contributed by atoms with Crippen molar-refractivity contribution in [2.45, 2.75) is 57.5 Å². The second-order valence-corrected chi connectivity index (χ2v) is 4.70. The first-order valence-corrected chi connectivity index (χ1v) is 5.82. The average Bonchev–Trinajstić information content (AvgIpc) is 2.73. The molecular weight excluding hydrogens is 226 g/mol. The summed E-state index contributed by atoms with van der Waals surface area (Å²) in [6.45, 7) is 5.72. The van der Waals surface area contributed by atoms with E-state index in [9.17, 15) is 4.79 Å². The maximum absolute atomic E-state index is 11.2. The van der Waals surface area contributed by atoms with Gasteiger partial charge in [0.15, 0.2) is 12.0 Å². The Morgan fingerprint density at radius 2 is 2.00 bits per heavy atom. The lowest BCUT2D eigenvalue weighted by Gasteiger charge is -2.23. The smallest absolute Gasteiger partial charge is 0.408 e. The number of rotatable bonds is 2. The predicted molar refractivity (Wildman–Crippen MR) is 58.3 cm³/mol. The maximum atomic E-state index is 11.2. The molecule has 6 nitrogen and oxygen atoms in total. The van der Waals surface area contributed by atoms with Gasteiger partial charge in [0, 0.05) is 0 Å². The molecule has 2 fully saturated rings. The molecule has 2 aliphatic rings. The van der Waals surface area contributed by atoms with E-state index in [-0.39, 0.29) is 18.3 Å². The molecule has 0 aliphatic carbocycles. The zero-order valence-corrected chi connectivity index (χ0v) is 10.6. The monoisotopic (exact) mass is 245 g/mol. The van der Waals surface area contributed by atoms with E-state index in [1.165, 1.54) is 7.11 Å². The molecule has 2 rings (SSSR count). The van der Waals surface area contributed by atoms with Crippen LogP contribution in [0.25, 0.3) is 0 Å². The Kier molecular flexibility index (Phi) is 3.29. The second kappa shape index (κ2) is 4.44. The van der Waals surface area contributed by atoms with Crippen LogP contribution in [0.15, 0.2) is 0 Å². The van der Waals surface area contributed by atoms with Gasteiger partial charge in [-0.2, -0.15) is 0 Å². The van der Waals surface area contributed by atoms with Gasteiger partial charge in [-0.1, -0.05) is 6.92 Å². The van der Waals surface area contributed by atoms with Crippen molar-refractivity contribution in [3.05, 3.63) is 0 Å². The molecule has 0 spiro atoms. The highest BCUT2D eigenvalue weighted by molar-refractivity contribution is 5.67. The number of ether oxygens (including phenoxy) is 4. The van der Waals surface area contributed by atoms with Crippen molar-refractivity contribution >= 4 is 6.09 Å². The molecule has 2 aliphatic heterocycles. The average molecular weight is 245 g/mol. The number of hydrogen-bond acceptors (Lipinski definition) is 5. The molecule has 2 saturated heterocycles. The highest BCUT2D eigenvalue weighted by atomic mass is 16.8. The van der Waals surface area contributed by atoms with Crippen LogP contribution >= 0.6 is 0 Å². The van der Waals surface area contributed by atoms with Crippen LogP contribution in [0.3, 0.4) is 0 Å². The van der Waals surface area contributed by atoms with Gasteiger partial charge in [-0.25, -0.2) is 4.79 Å². The summed E-state index contributed by atoms with van der Waals surface area (Å²) in [6, 6.07) is 0. The van der Waals surface area contributed by atoms with Gasteiger partial charge in [0.25, 0.3) is 0 Å². The van der Waals surface area contributed by atoms with Gasteiger partial charge in [-0.3, -0.25) is 5.32 Å². The first-order chi connectivity index (χ1) is 7.96. The number of carbonyl (C=O) groups is 1. The van der Waals surface area contributed by atoms with E-state index < -0.39 is 18.1 Å². The summed E-state index contributed by atoms with van der Waals surface area (Å²) < 4.78 is 21.8. The Morgan fingerprint density at radius 3 is 2.59 bits per heavy atom. The SMILES string of the molecule is CC[C@H]1O[C@@H](NC(=O)OC)[C@@H]2OC(C)(C)O[C@@H]21. The number of carbonyl (C=O) groups excluding carboxylic acids is 1. The minimum atomic E-state index is -0.636. The van der Waals surface area contributed by atoms with Gasteiger partial charge in [-0.05, 0) is 20.3 Å². The molecule has 4 atom stereocenters. The first-order valence-electron chi connectivity index (χ1n) is 5.82. The van der Waals surface area contributed by atoms with Crippen LogP contribution in [-0.2, 0) is 18.9 Å². The molecule has 0 unspecified atom stereocenters. The highest BCUT2D eigenvalue weighted by Gasteiger charge is 2.55. The number of alkyl carbamates (subject to hydrolysis) is 1. The molecule has 0 aromatic rings. The fraction of sp³-hybridized carbons (Fsp3) is 0.909. The molecule has 0 saturated carbocycles. The number of amides is 1. The Balaban J connectivity index is 2.07. The Bertz CT molecular complexity index is 306. The van der Waals surface area contributed by atoms with Gasteiger partial charge >= 0.3 is 6.09 Å². The molecule has 1 N–H and O–H groups in total. The summed E-state index contributed by atoms with van der Waals surface area (Å²) in [7, 11) is 1.31. The standard InChI is InChI=1S/C11H19NO5/c1-5-6-7-8(17-11(2,3)16-7)9(15-6)12-10(13)14-4/h6-9H,5H2,1-4H3,(H,12,13)/t6-,7-,8-,9-/m1/s1. The molecule has 98 valence electrons. The normalized spacial score (nSPS) is 38.8. The van der Waals surface area contributed by atoms with Crippen LogP contribution in [0.2, 0.25) is 0 Å². The lowest BCUT2D eigenvalue weighted by atomic mass is 10.1. The van der Waals surface area contributed by atoms with Crippen molar-refractivity contribution < 1.29 is 23.7 Å². The van der Waals surface area contributed by atoms with Gasteiger partial charge in [0.1, 0.15) is 12.2 Å². The van der Waals surface area contributed by atoms with Gasteiger partial charge < -0.3 is 18.9 Å². The molecule has 0 aromatic heterocycles. The summed E-state index contributed by atoms with van der Waals surface area (Å²) >= 11 is 0. The minimum absolute atomic E-state index is 0.0658. The summed E-state index contributed by atoms with van der Waals surface area (Å²) in [4.78, 5) is 11.2. The van der Waals surface area contributed by atoms with Crippen molar-refractivity contribution in [2.24, 2.45) is 0 Å². The molecule has 0 bridgehead atoms. The fourth-order valence-corrected chi connectivity index (χ4v) is 2.30. The lowest BCUT2D eigenvalue weighted by molar-refractivity contribution is -0.189. The van der Waals surface area contributed by atoms with Crippen LogP contribution in [0.4, 0.5) is 4.79 Å². The molecule has 0 radical (unpaired) electrons. The minimum Gasteiger partial charge on any atom is -0.453 e. The van der Waals surface area contributed by atoms with Gasteiger partial charge in [0.05, 0.1) is 13.2 Å². The molecule has 0 aromatic carbocycles. The van der Waals surface area contributed by atoms with Crippen molar-refractivity contribution in [3.63, 3.8) is 0 Å². The number of hydrogen-bond donors (Lipinski definition) is 1. The summed E-state index contributed by atoms with van der Waals surface area (Å²) in [5.74, 6) is -0.636. The first kappa shape index (κ1) is 12.6.